The van der Waals surface area contributed by atoms with Gasteiger partial charge in [-0.1, -0.05) is 42.5 Å². The standard InChI is InChI=1S/C25H22N4O3/c30-25-23(21-15-20(29(31)32)11-12-22(21)27-25)24(18-5-2-1-3-6-18)26-19-9-7-17(8-10-19)16-28-13-4-14-28/h1-3,5-12,15,26H,4,13-14,16H2,(H,27,30). The summed E-state index contributed by atoms with van der Waals surface area (Å²) >= 11 is 0. The van der Waals surface area contributed by atoms with E-state index in [9.17, 15) is 14.9 Å². The van der Waals surface area contributed by atoms with Gasteiger partial charge in [0.25, 0.3) is 11.6 Å². The number of fused-ring (bicyclic) bond motifs is 1. The minimum Gasteiger partial charge on any atom is -0.354 e. The molecule has 0 bridgehead atoms. The number of hydrogen-bond acceptors (Lipinski definition) is 5. The second kappa shape index (κ2) is 8.28. The maximum Gasteiger partial charge on any atom is 0.270 e. The van der Waals surface area contributed by atoms with Gasteiger partial charge in [-0.25, -0.2) is 0 Å². The van der Waals surface area contributed by atoms with Crippen LogP contribution in [0.2, 0.25) is 0 Å². The summed E-state index contributed by atoms with van der Waals surface area (Å²) in [5.41, 5.74) is 4.93. The summed E-state index contributed by atoms with van der Waals surface area (Å²) in [5.74, 6) is -0.291. The monoisotopic (exact) mass is 426 g/mol. The van der Waals surface area contributed by atoms with Crippen molar-refractivity contribution in [1.82, 2.24) is 4.90 Å². The molecule has 1 amide bonds. The van der Waals surface area contributed by atoms with Crippen molar-refractivity contribution in [1.29, 1.82) is 0 Å². The predicted molar refractivity (Wildman–Crippen MR) is 125 cm³/mol. The number of nitro groups is 1. The van der Waals surface area contributed by atoms with E-state index in [1.54, 1.807) is 6.07 Å². The molecule has 0 radical (unpaired) electrons. The van der Waals surface area contributed by atoms with Gasteiger partial charge in [-0.05, 0) is 48.8 Å². The lowest BCUT2D eigenvalue weighted by Crippen LogP contribution is -2.36. The van der Waals surface area contributed by atoms with Crippen LogP contribution in [0, 0.1) is 10.1 Å². The molecule has 7 heteroatoms. The highest BCUT2D eigenvalue weighted by Gasteiger charge is 2.30. The molecule has 3 aromatic carbocycles. The zero-order valence-corrected chi connectivity index (χ0v) is 17.4. The van der Waals surface area contributed by atoms with Gasteiger partial charge in [-0.15, -0.1) is 0 Å². The van der Waals surface area contributed by atoms with Gasteiger partial charge in [0.1, 0.15) is 0 Å². The number of rotatable bonds is 6. The van der Waals surface area contributed by atoms with Crippen LogP contribution in [0.1, 0.15) is 23.1 Å². The first-order chi connectivity index (χ1) is 15.6. The maximum atomic E-state index is 12.9. The van der Waals surface area contributed by atoms with E-state index in [1.807, 2.05) is 42.5 Å². The van der Waals surface area contributed by atoms with Gasteiger partial charge in [0.2, 0.25) is 0 Å². The molecule has 0 aromatic heterocycles. The lowest BCUT2D eigenvalue weighted by atomic mass is 9.99. The van der Waals surface area contributed by atoms with Crippen LogP contribution in [-0.2, 0) is 11.3 Å². The van der Waals surface area contributed by atoms with Crippen LogP contribution in [-0.4, -0.2) is 28.8 Å². The van der Waals surface area contributed by atoms with E-state index in [4.69, 9.17) is 0 Å². The number of nitrogens with zero attached hydrogens (tertiary/aromatic N) is 2. The quantitative estimate of drug-likeness (QED) is 0.338. The van der Waals surface area contributed by atoms with Crippen LogP contribution in [0.25, 0.3) is 11.3 Å². The van der Waals surface area contributed by atoms with Gasteiger partial charge in [-0.3, -0.25) is 19.8 Å². The Hall–Kier alpha value is -3.97. The number of likely N-dealkylation sites (tertiary alicyclic amines) is 1. The van der Waals surface area contributed by atoms with Gasteiger partial charge in [0.05, 0.1) is 16.2 Å². The second-order valence-electron chi connectivity index (χ2n) is 8.01. The average Bonchev–Trinajstić information content (AvgIpc) is 3.11. The van der Waals surface area contributed by atoms with Crippen molar-refractivity contribution in [3.63, 3.8) is 0 Å². The van der Waals surface area contributed by atoms with Crippen molar-refractivity contribution >= 4 is 34.2 Å². The topological polar surface area (TPSA) is 87.5 Å². The molecule has 32 heavy (non-hydrogen) atoms. The highest BCUT2D eigenvalue weighted by atomic mass is 16.6. The van der Waals surface area contributed by atoms with E-state index in [-0.39, 0.29) is 11.6 Å². The van der Waals surface area contributed by atoms with Crippen molar-refractivity contribution < 1.29 is 9.72 Å². The Morgan fingerprint density at radius 3 is 2.44 bits per heavy atom. The third kappa shape index (κ3) is 3.86. The van der Waals surface area contributed by atoms with E-state index in [0.717, 1.165) is 30.9 Å². The molecule has 1 saturated heterocycles. The number of anilines is 2. The Morgan fingerprint density at radius 2 is 1.78 bits per heavy atom. The first-order valence-corrected chi connectivity index (χ1v) is 10.6. The zero-order valence-electron chi connectivity index (χ0n) is 17.4. The Kier molecular flexibility index (Phi) is 5.17. The number of carbonyl (C=O) groups excluding carboxylic acids is 1. The number of nitro benzene ring substituents is 1. The molecule has 1 fully saturated rings. The van der Waals surface area contributed by atoms with Crippen molar-refractivity contribution in [2.45, 2.75) is 13.0 Å². The van der Waals surface area contributed by atoms with Gasteiger partial charge in [0, 0.05) is 35.6 Å². The van der Waals surface area contributed by atoms with E-state index < -0.39 is 4.92 Å². The minimum atomic E-state index is -0.451. The molecule has 2 aliphatic heterocycles. The Labute approximate surface area is 185 Å². The second-order valence-corrected chi connectivity index (χ2v) is 8.01. The predicted octanol–water partition coefficient (Wildman–Crippen LogP) is 4.73. The average molecular weight is 426 g/mol. The smallest absolute Gasteiger partial charge is 0.270 e. The third-order valence-corrected chi connectivity index (χ3v) is 5.85. The lowest BCUT2D eigenvalue weighted by molar-refractivity contribution is -0.384. The summed E-state index contributed by atoms with van der Waals surface area (Å²) in [4.78, 5) is 26.2. The summed E-state index contributed by atoms with van der Waals surface area (Å²) in [6.45, 7) is 3.22. The van der Waals surface area contributed by atoms with E-state index in [0.29, 0.717) is 22.5 Å². The summed E-state index contributed by atoms with van der Waals surface area (Å²) in [6, 6.07) is 22.1. The largest absolute Gasteiger partial charge is 0.354 e. The molecule has 0 spiro atoms. The minimum absolute atomic E-state index is 0.0551. The van der Waals surface area contributed by atoms with Crippen LogP contribution in [0.5, 0.6) is 0 Å². The SMILES string of the molecule is O=C1Nc2ccc([N+](=O)[O-])cc2C1=C(Nc1ccc(CN2CCC2)cc1)c1ccccc1. The molecule has 0 atom stereocenters. The van der Waals surface area contributed by atoms with Gasteiger partial charge < -0.3 is 10.6 Å². The van der Waals surface area contributed by atoms with E-state index >= 15 is 0 Å². The van der Waals surface area contributed by atoms with E-state index in [2.05, 4.69) is 27.7 Å². The Bertz CT molecular complexity index is 1220. The van der Waals surface area contributed by atoms with Crippen LogP contribution < -0.4 is 10.6 Å². The van der Waals surface area contributed by atoms with Crippen LogP contribution in [0.15, 0.2) is 72.8 Å². The first kappa shape index (κ1) is 20.0. The number of benzene rings is 3. The number of amides is 1. The molecule has 160 valence electrons. The van der Waals surface area contributed by atoms with Crippen molar-refractivity contribution in [2.24, 2.45) is 0 Å². The summed E-state index contributed by atoms with van der Waals surface area (Å²) in [7, 11) is 0. The third-order valence-electron chi connectivity index (χ3n) is 5.85. The molecule has 3 aromatic rings. The molecule has 2 heterocycles. The number of hydrogen-bond donors (Lipinski definition) is 2. The molecular weight excluding hydrogens is 404 g/mol. The fraction of sp³-hybridized carbons (Fsp3) is 0.160. The molecule has 5 rings (SSSR count). The highest BCUT2D eigenvalue weighted by Crippen LogP contribution is 2.39. The van der Waals surface area contributed by atoms with E-state index in [1.165, 1.54) is 24.1 Å². The lowest BCUT2D eigenvalue weighted by Gasteiger charge is -2.30. The van der Waals surface area contributed by atoms with Crippen molar-refractivity contribution in [3.8, 4) is 0 Å². The van der Waals surface area contributed by atoms with Crippen molar-refractivity contribution in [3.05, 3.63) is 99.6 Å². The number of non-ortho nitro benzene ring substituents is 1. The molecule has 2 N–H and O–H groups in total. The molecule has 0 aliphatic carbocycles. The summed E-state index contributed by atoms with van der Waals surface area (Å²) in [6.07, 6.45) is 1.26. The maximum absolute atomic E-state index is 12.9. The Morgan fingerprint density at radius 1 is 1.03 bits per heavy atom. The van der Waals surface area contributed by atoms with Crippen LogP contribution in [0.4, 0.5) is 17.1 Å². The van der Waals surface area contributed by atoms with Gasteiger partial charge >= 0.3 is 0 Å². The molecule has 2 aliphatic rings. The van der Waals surface area contributed by atoms with Gasteiger partial charge in [0.15, 0.2) is 0 Å². The molecular formula is C25H22N4O3. The highest BCUT2D eigenvalue weighted by molar-refractivity contribution is 6.37. The fourth-order valence-electron chi connectivity index (χ4n) is 4.04. The molecule has 0 unspecified atom stereocenters. The first-order valence-electron chi connectivity index (χ1n) is 10.6. The number of carbonyl (C=O) groups is 1. The summed E-state index contributed by atoms with van der Waals surface area (Å²) < 4.78 is 0. The summed E-state index contributed by atoms with van der Waals surface area (Å²) in [5, 5.41) is 17.5. The number of nitrogens with one attached hydrogen (secondary N) is 2. The molecule has 0 saturated carbocycles. The van der Waals surface area contributed by atoms with Crippen LogP contribution in [0.3, 0.4) is 0 Å². The Balaban J connectivity index is 1.55. The zero-order chi connectivity index (χ0) is 22.1. The van der Waals surface area contributed by atoms with Gasteiger partial charge in [-0.2, -0.15) is 0 Å². The fourth-order valence-corrected chi connectivity index (χ4v) is 4.04. The normalized spacial score (nSPS) is 16.7. The van der Waals surface area contributed by atoms with Crippen LogP contribution >= 0.6 is 0 Å². The molecule has 7 nitrogen and oxygen atoms in total. The van der Waals surface area contributed by atoms with Crippen molar-refractivity contribution in [2.75, 3.05) is 23.7 Å².